The molecule has 154 valence electrons. The van der Waals surface area contributed by atoms with E-state index < -0.39 is 32.6 Å². The van der Waals surface area contributed by atoms with Crippen molar-refractivity contribution in [2.24, 2.45) is 0 Å². The molecule has 0 aliphatic carbocycles. The van der Waals surface area contributed by atoms with E-state index in [4.69, 9.17) is 9.47 Å². The van der Waals surface area contributed by atoms with Gasteiger partial charge in [0.2, 0.25) is 5.91 Å². The summed E-state index contributed by atoms with van der Waals surface area (Å²) in [5.41, 5.74) is 0.813. The summed E-state index contributed by atoms with van der Waals surface area (Å²) in [6.45, 7) is 5.86. The third kappa shape index (κ3) is 3.27. The highest BCUT2D eigenvalue weighted by Crippen LogP contribution is 2.48. The van der Waals surface area contributed by atoms with Gasteiger partial charge in [0.15, 0.2) is 20.8 Å². The van der Waals surface area contributed by atoms with E-state index >= 15 is 0 Å². The van der Waals surface area contributed by atoms with Crippen molar-refractivity contribution >= 4 is 15.7 Å². The Morgan fingerprint density at radius 3 is 2.48 bits per heavy atom. The van der Waals surface area contributed by atoms with Gasteiger partial charge in [0.05, 0.1) is 12.0 Å². The van der Waals surface area contributed by atoms with Crippen molar-refractivity contribution in [2.45, 2.75) is 54.9 Å². The van der Waals surface area contributed by atoms with Gasteiger partial charge in [-0.2, -0.15) is 0 Å². The van der Waals surface area contributed by atoms with Crippen molar-refractivity contribution in [2.75, 3.05) is 7.11 Å². The van der Waals surface area contributed by atoms with E-state index in [1.807, 2.05) is 26.0 Å². The molecule has 3 atom stereocenters. The summed E-state index contributed by atoms with van der Waals surface area (Å²) in [5, 5.41) is 1.57. The van der Waals surface area contributed by atoms with Crippen molar-refractivity contribution in [1.82, 2.24) is 5.32 Å². The molecule has 2 aliphatic rings. The van der Waals surface area contributed by atoms with Crippen LogP contribution in [0.4, 0.5) is 0 Å². The number of ether oxygens (including phenoxy) is 2. The summed E-state index contributed by atoms with van der Waals surface area (Å²) < 4.78 is 38.2. The topological polar surface area (TPSA) is 81.7 Å². The van der Waals surface area contributed by atoms with Gasteiger partial charge < -0.3 is 14.8 Å². The molecule has 2 aromatic carbocycles. The van der Waals surface area contributed by atoms with Crippen molar-refractivity contribution in [3.05, 3.63) is 53.6 Å². The maximum Gasteiger partial charge on any atom is 0.242 e. The monoisotopic (exact) mass is 415 g/mol. The molecule has 1 saturated heterocycles. The molecular weight excluding hydrogens is 390 g/mol. The number of fused-ring (bicyclic) bond motifs is 4. The number of rotatable bonds is 4. The van der Waals surface area contributed by atoms with Gasteiger partial charge in [0.1, 0.15) is 11.5 Å². The van der Waals surface area contributed by atoms with Gasteiger partial charge in [-0.05, 0) is 42.2 Å². The first-order valence-corrected chi connectivity index (χ1v) is 11.2. The lowest BCUT2D eigenvalue weighted by Crippen LogP contribution is -2.63. The molecule has 0 saturated carbocycles. The van der Waals surface area contributed by atoms with E-state index in [0.717, 1.165) is 5.56 Å². The summed E-state index contributed by atoms with van der Waals surface area (Å²) in [6, 6.07) is 12.1. The van der Waals surface area contributed by atoms with Gasteiger partial charge in [-0.25, -0.2) is 8.42 Å². The highest BCUT2D eigenvalue weighted by Gasteiger charge is 2.54. The first kappa shape index (κ1) is 19.8. The largest absolute Gasteiger partial charge is 0.497 e. The molecule has 1 N–H and O–H groups in total. The predicted octanol–water partition coefficient (Wildman–Crippen LogP) is 3.37. The second-order valence-electron chi connectivity index (χ2n) is 8.23. The molecule has 2 aromatic rings. The van der Waals surface area contributed by atoms with Crippen LogP contribution in [0.2, 0.25) is 0 Å². The fourth-order valence-corrected chi connectivity index (χ4v) is 6.08. The predicted molar refractivity (Wildman–Crippen MR) is 109 cm³/mol. The maximum absolute atomic E-state index is 13.5. The summed E-state index contributed by atoms with van der Waals surface area (Å²) >= 11 is 0. The molecule has 3 unspecified atom stereocenters. The van der Waals surface area contributed by atoms with Crippen LogP contribution in [-0.2, 0) is 14.6 Å². The van der Waals surface area contributed by atoms with Crippen LogP contribution in [0.5, 0.6) is 11.5 Å². The highest BCUT2D eigenvalue weighted by molar-refractivity contribution is 7.92. The van der Waals surface area contributed by atoms with Crippen molar-refractivity contribution < 1.29 is 22.7 Å². The quantitative estimate of drug-likeness (QED) is 0.828. The van der Waals surface area contributed by atoms with E-state index in [1.165, 1.54) is 0 Å². The number of piperidine rings is 1. The zero-order chi connectivity index (χ0) is 21.0. The fourth-order valence-electron chi connectivity index (χ4n) is 4.26. The van der Waals surface area contributed by atoms with Gasteiger partial charge in [-0.15, -0.1) is 0 Å². The second-order valence-corrected chi connectivity index (χ2v) is 10.3. The van der Waals surface area contributed by atoms with Crippen LogP contribution in [0.15, 0.2) is 47.4 Å². The molecule has 2 bridgehead atoms. The summed E-state index contributed by atoms with van der Waals surface area (Å²) in [6.07, 6.45) is 0.381. The normalized spacial score (nSPS) is 25.8. The zero-order valence-corrected chi connectivity index (χ0v) is 17.7. The number of nitrogens with one attached hydrogen (secondary N) is 1. The Balaban J connectivity index is 1.79. The summed E-state index contributed by atoms with van der Waals surface area (Å²) in [4.78, 5) is 13.1. The van der Waals surface area contributed by atoms with Gasteiger partial charge >= 0.3 is 0 Å². The molecule has 0 radical (unpaired) electrons. The van der Waals surface area contributed by atoms with Crippen LogP contribution in [0, 0.1) is 0 Å². The molecule has 0 aromatic heterocycles. The lowest BCUT2D eigenvalue weighted by atomic mass is 9.81. The van der Waals surface area contributed by atoms with Crippen molar-refractivity contribution in [1.29, 1.82) is 0 Å². The van der Waals surface area contributed by atoms with E-state index in [0.29, 0.717) is 29.4 Å². The average molecular weight is 416 g/mol. The number of methoxy groups -OCH3 is 1. The zero-order valence-electron chi connectivity index (χ0n) is 16.9. The Morgan fingerprint density at radius 1 is 1.17 bits per heavy atom. The second kappa shape index (κ2) is 6.76. The van der Waals surface area contributed by atoms with Crippen LogP contribution < -0.4 is 14.8 Å². The number of carbonyl (C=O) groups is 1. The van der Waals surface area contributed by atoms with Gasteiger partial charge in [-0.1, -0.05) is 32.0 Å². The molecular formula is C22H25NO5S. The summed E-state index contributed by atoms with van der Waals surface area (Å²) in [5.74, 6) is 0.417. The van der Waals surface area contributed by atoms with Crippen LogP contribution >= 0.6 is 0 Å². The average Bonchev–Trinajstić information content (AvgIpc) is 2.66. The van der Waals surface area contributed by atoms with E-state index in [1.54, 1.807) is 44.4 Å². The molecule has 29 heavy (non-hydrogen) atoms. The fraction of sp³-hybridized carbons (Fsp3) is 0.409. The van der Waals surface area contributed by atoms with E-state index in [9.17, 15) is 13.2 Å². The minimum atomic E-state index is -3.89. The van der Waals surface area contributed by atoms with Gasteiger partial charge in [-0.3, -0.25) is 4.79 Å². The van der Waals surface area contributed by atoms with Crippen LogP contribution in [0.1, 0.15) is 50.2 Å². The summed E-state index contributed by atoms with van der Waals surface area (Å²) in [7, 11) is -2.33. The molecule has 4 rings (SSSR count). The van der Waals surface area contributed by atoms with Crippen molar-refractivity contribution in [3.8, 4) is 11.5 Å². The molecule has 2 heterocycles. The van der Waals surface area contributed by atoms with Crippen LogP contribution in [0.3, 0.4) is 0 Å². The smallest absolute Gasteiger partial charge is 0.242 e. The number of hydrogen-bond acceptors (Lipinski definition) is 5. The Kier molecular flexibility index (Phi) is 4.61. The lowest BCUT2D eigenvalue weighted by Gasteiger charge is -2.46. The van der Waals surface area contributed by atoms with Crippen LogP contribution in [-0.4, -0.2) is 32.4 Å². The molecule has 0 spiro atoms. The van der Waals surface area contributed by atoms with Gasteiger partial charge in [0, 0.05) is 18.4 Å². The van der Waals surface area contributed by atoms with Crippen molar-refractivity contribution in [3.63, 3.8) is 0 Å². The number of carbonyl (C=O) groups excluding carboxylic acids is 1. The minimum Gasteiger partial charge on any atom is -0.497 e. The SMILES string of the molecule is COc1ccc2c(c1)OC1(C)CC2C(S(=O)(=O)c2ccc(C(C)C)cc2)C(=O)N1. The number of hydrogen-bond donors (Lipinski definition) is 1. The minimum absolute atomic E-state index is 0.159. The third-order valence-electron chi connectivity index (χ3n) is 5.79. The van der Waals surface area contributed by atoms with E-state index in [2.05, 4.69) is 5.32 Å². The molecule has 1 fully saturated rings. The first-order chi connectivity index (χ1) is 13.6. The Morgan fingerprint density at radius 2 is 1.86 bits per heavy atom. The highest BCUT2D eigenvalue weighted by atomic mass is 32.2. The molecule has 7 heteroatoms. The number of amides is 1. The Bertz CT molecular complexity index is 1060. The molecule has 2 aliphatic heterocycles. The number of benzene rings is 2. The lowest BCUT2D eigenvalue weighted by molar-refractivity contribution is -0.132. The van der Waals surface area contributed by atoms with Gasteiger partial charge in [0.25, 0.3) is 0 Å². The Hall–Kier alpha value is -2.54. The Labute approximate surface area is 171 Å². The first-order valence-electron chi connectivity index (χ1n) is 9.67. The molecule has 6 nitrogen and oxygen atoms in total. The standard InChI is InChI=1S/C22H25NO5S/c1-13(2)14-5-8-16(9-6-14)29(25,26)20-18-12-22(3,23-21(20)24)28-19-11-15(27-4)7-10-17(18)19/h5-11,13,18,20H,12H2,1-4H3,(H,23,24). The van der Waals surface area contributed by atoms with Crippen LogP contribution in [0.25, 0.3) is 0 Å². The maximum atomic E-state index is 13.5. The van der Waals surface area contributed by atoms with E-state index in [-0.39, 0.29) is 4.90 Å². The third-order valence-corrected chi connectivity index (χ3v) is 7.93. The number of sulfone groups is 1. The molecule has 1 amide bonds.